The molecule has 0 aliphatic carbocycles. The summed E-state index contributed by atoms with van der Waals surface area (Å²) < 4.78 is 41.3. The van der Waals surface area contributed by atoms with Gasteiger partial charge in [-0.05, 0) is 67.7 Å². The lowest BCUT2D eigenvalue weighted by atomic mass is 9.57. The molecule has 2 heterocycles. The normalized spacial score (nSPS) is 25.3. The lowest BCUT2D eigenvalue weighted by Crippen LogP contribution is -2.41. The first-order chi connectivity index (χ1) is 13.2. The zero-order valence-electron chi connectivity index (χ0n) is 19.8. The summed E-state index contributed by atoms with van der Waals surface area (Å²) in [4.78, 5) is 0. The number of rotatable bonds is 9. The monoisotopic (exact) mass is 412 g/mol. The zero-order valence-corrected chi connectivity index (χ0v) is 19.8. The number of hydrogen-bond acceptors (Lipinski definition) is 7. The second-order valence-electron chi connectivity index (χ2n) is 9.73. The molecule has 0 unspecified atom stereocenters. The Balaban J connectivity index is 2.19. The van der Waals surface area contributed by atoms with Crippen LogP contribution < -0.4 is 0 Å². The van der Waals surface area contributed by atoms with Gasteiger partial charge in [-0.2, -0.15) is 0 Å². The highest BCUT2D eigenvalue weighted by Gasteiger charge is 2.59. The van der Waals surface area contributed by atoms with Crippen molar-refractivity contribution in [2.75, 3.05) is 27.1 Å². The molecule has 0 spiro atoms. The fraction of sp³-hybridized carbons (Fsp3) is 0.900. The van der Waals surface area contributed by atoms with Gasteiger partial charge in [-0.3, -0.25) is 0 Å². The van der Waals surface area contributed by atoms with Crippen LogP contribution in [0.3, 0.4) is 0 Å². The Morgan fingerprint density at radius 3 is 1.59 bits per heavy atom. The van der Waals surface area contributed by atoms with Gasteiger partial charge in [0.1, 0.15) is 6.79 Å². The first kappa shape index (κ1) is 24.9. The van der Waals surface area contributed by atoms with Crippen LogP contribution in [-0.2, 0) is 32.8 Å². The molecule has 0 amide bonds. The van der Waals surface area contributed by atoms with Gasteiger partial charge in [0.25, 0.3) is 0 Å². The van der Waals surface area contributed by atoms with Crippen molar-refractivity contribution in [3.05, 3.63) is 11.4 Å². The van der Waals surface area contributed by atoms with Crippen LogP contribution in [0, 0.1) is 0 Å². The predicted molar refractivity (Wildman–Crippen MR) is 113 cm³/mol. The van der Waals surface area contributed by atoms with Crippen molar-refractivity contribution in [1.29, 1.82) is 0 Å². The van der Waals surface area contributed by atoms with Gasteiger partial charge in [0, 0.05) is 7.11 Å². The summed E-state index contributed by atoms with van der Waals surface area (Å²) in [5.41, 5.74) is -1.86. The maximum Gasteiger partial charge on any atom is 0.486 e. The summed E-state index contributed by atoms with van der Waals surface area (Å²) in [6, 6.07) is 0. The van der Waals surface area contributed by atoms with Crippen molar-refractivity contribution in [3.63, 3.8) is 0 Å². The van der Waals surface area contributed by atoms with Crippen molar-refractivity contribution in [2.24, 2.45) is 0 Å². The van der Waals surface area contributed by atoms with Gasteiger partial charge in [-0.15, -0.1) is 0 Å². The third-order valence-electron chi connectivity index (χ3n) is 6.32. The van der Waals surface area contributed by atoms with Crippen LogP contribution in [0.25, 0.3) is 0 Å². The molecule has 9 heteroatoms. The molecule has 29 heavy (non-hydrogen) atoms. The van der Waals surface area contributed by atoms with Crippen LogP contribution >= 0.6 is 0 Å². The Morgan fingerprint density at radius 2 is 1.21 bits per heavy atom. The molecule has 0 aromatic rings. The van der Waals surface area contributed by atoms with Crippen LogP contribution in [0.2, 0.25) is 0 Å². The molecule has 2 rings (SSSR count). The quantitative estimate of drug-likeness (QED) is 0.328. The molecule has 0 N–H and O–H groups in total. The first-order valence-electron chi connectivity index (χ1n) is 10.3. The lowest BCUT2D eigenvalue weighted by Gasteiger charge is -2.32. The third-order valence-corrected chi connectivity index (χ3v) is 6.32. The van der Waals surface area contributed by atoms with Crippen molar-refractivity contribution in [1.82, 2.24) is 0 Å². The predicted octanol–water partition coefficient (Wildman–Crippen LogP) is 3.20. The highest BCUT2D eigenvalue weighted by molar-refractivity contribution is 6.78. The van der Waals surface area contributed by atoms with E-state index >= 15 is 0 Å². The van der Waals surface area contributed by atoms with Gasteiger partial charge >= 0.3 is 14.2 Å². The third kappa shape index (κ3) is 5.64. The van der Waals surface area contributed by atoms with E-state index in [2.05, 4.69) is 0 Å². The molecule has 1 atom stereocenters. The molecule has 0 aromatic heterocycles. The highest BCUT2D eigenvalue weighted by atomic mass is 16.7. The number of methoxy groups -OCH3 is 1. The van der Waals surface area contributed by atoms with Crippen LogP contribution in [0.4, 0.5) is 0 Å². The maximum absolute atomic E-state index is 6.28. The van der Waals surface area contributed by atoms with Crippen LogP contribution in [-0.4, -0.2) is 69.9 Å². The molecule has 0 bridgehead atoms. The summed E-state index contributed by atoms with van der Waals surface area (Å²) in [7, 11) is 0.460. The van der Waals surface area contributed by atoms with Gasteiger partial charge in [-0.1, -0.05) is 6.08 Å². The van der Waals surface area contributed by atoms with Gasteiger partial charge in [-0.25, -0.2) is 0 Å². The van der Waals surface area contributed by atoms with E-state index in [4.69, 9.17) is 32.8 Å². The zero-order chi connectivity index (χ0) is 22.1. The molecule has 2 fully saturated rings. The summed E-state index contributed by atoms with van der Waals surface area (Å²) in [6.07, 6.45) is 1.70. The first-order valence-corrected chi connectivity index (χ1v) is 10.3. The maximum atomic E-state index is 6.28. The van der Waals surface area contributed by atoms with Crippen molar-refractivity contribution in [2.45, 2.75) is 90.8 Å². The van der Waals surface area contributed by atoms with Crippen LogP contribution in [0.5, 0.6) is 0 Å². The topological polar surface area (TPSA) is 64.6 Å². The van der Waals surface area contributed by atoms with Crippen LogP contribution in [0.15, 0.2) is 11.4 Å². The molecular weight excluding hydrogens is 374 g/mol. The number of ether oxygens (including phenoxy) is 3. The van der Waals surface area contributed by atoms with Crippen molar-refractivity contribution < 1.29 is 32.8 Å². The van der Waals surface area contributed by atoms with Crippen molar-refractivity contribution >= 4 is 14.2 Å². The van der Waals surface area contributed by atoms with E-state index in [0.29, 0.717) is 13.2 Å². The second kappa shape index (κ2) is 8.99. The van der Waals surface area contributed by atoms with Crippen molar-refractivity contribution in [3.8, 4) is 0 Å². The van der Waals surface area contributed by atoms with E-state index in [9.17, 15) is 0 Å². The fourth-order valence-corrected chi connectivity index (χ4v) is 2.90. The summed E-state index contributed by atoms with van der Waals surface area (Å²) in [5.74, 6) is 0. The Kier molecular flexibility index (Phi) is 7.70. The molecule has 166 valence electrons. The average Bonchev–Trinajstić information content (AvgIpc) is 2.91. The minimum atomic E-state index is -0.588. The standard InChI is InChI=1S/C20H38B2O7/c1-15(25-14-24-12-11-23-10)13-16(21-26-17(2,3)18(4,5)27-21)22-28-19(6,7)20(8,9)29-22/h13,15H,11-12,14H2,1-10H3/t15-/m0/s1. The van der Waals surface area contributed by atoms with Gasteiger partial charge in [0.2, 0.25) is 0 Å². The van der Waals surface area contributed by atoms with E-state index in [-0.39, 0.29) is 12.9 Å². The van der Waals surface area contributed by atoms with E-state index in [0.717, 1.165) is 5.37 Å². The smallest absolute Gasteiger partial charge is 0.400 e. The average molecular weight is 412 g/mol. The Morgan fingerprint density at radius 1 is 0.793 bits per heavy atom. The van der Waals surface area contributed by atoms with Gasteiger partial charge in [0.15, 0.2) is 0 Å². The Hall–Kier alpha value is -0.410. The molecule has 2 aliphatic heterocycles. The van der Waals surface area contributed by atoms with E-state index < -0.39 is 36.6 Å². The largest absolute Gasteiger partial charge is 0.486 e. The molecular formula is C20H38B2O7. The van der Waals surface area contributed by atoms with E-state index in [1.807, 2.05) is 68.4 Å². The van der Waals surface area contributed by atoms with Crippen LogP contribution in [0.1, 0.15) is 62.3 Å². The molecule has 2 aliphatic rings. The molecule has 7 nitrogen and oxygen atoms in total. The lowest BCUT2D eigenvalue weighted by molar-refractivity contribution is -0.0804. The minimum Gasteiger partial charge on any atom is -0.400 e. The fourth-order valence-electron chi connectivity index (χ4n) is 2.90. The molecule has 0 aromatic carbocycles. The second-order valence-corrected chi connectivity index (χ2v) is 9.73. The van der Waals surface area contributed by atoms with E-state index in [1.165, 1.54) is 0 Å². The summed E-state index contributed by atoms with van der Waals surface area (Å²) >= 11 is 0. The molecule has 0 saturated carbocycles. The summed E-state index contributed by atoms with van der Waals surface area (Å²) in [6.45, 7) is 19.3. The van der Waals surface area contributed by atoms with Gasteiger partial charge in [0.05, 0.1) is 41.7 Å². The molecule has 2 saturated heterocycles. The Bertz CT molecular complexity index is 519. The minimum absolute atomic E-state index is 0.168. The van der Waals surface area contributed by atoms with Gasteiger partial charge < -0.3 is 32.8 Å². The Labute approximate surface area is 177 Å². The highest BCUT2D eigenvalue weighted by Crippen LogP contribution is 2.43. The van der Waals surface area contributed by atoms with E-state index in [1.54, 1.807) is 7.11 Å². The molecule has 0 radical (unpaired) electrons. The SMILES string of the molecule is COCCOCO[C@@H](C)C=C(B1OC(C)(C)C(C)(C)O1)B1OC(C)(C)C(C)(C)O1. The summed E-state index contributed by atoms with van der Waals surface area (Å²) in [5, 5.41) is 0.770. The number of hydrogen-bond donors (Lipinski definition) is 0.